The third kappa shape index (κ3) is 5.33. The van der Waals surface area contributed by atoms with E-state index in [2.05, 4.69) is 10.3 Å². The first-order valence-electron chi connectivity index (χ1n) is 9.30. The number of sulfonamides is 1. The van der Waals surface area contributed by atoms with Crippen LogP contribution in [0.15, 0.2) is 63.2 Å². The fourth-order valence-corrected chi connectivity index (χ4v) is 4.25. The molecule has 0 aliphatic heterocycles. The van der Waals surface area contributed by atoms with Crippen molar-refractivity contribution in [2.45, 2.75) is 29.2 Å². The van der Waals surface area contributed by atoms with Crippen molar-refractivity contribution < 1.29 is 22.0 Å². The van der Waals surface area contributed by atoms with Crippen LogP contribution < -0.4 is 5.32 Å². The van der Waals surface area contributed by atoms with Crippen molar-refractivity contribution in [3.05, 3.63) is 60.0 Å². The lowest BCUT2D eigenvalue weighted by atomic mass is 10.2. The summed E-state index contributed by atoms with van der Waals surface area (Å²) in [5.74, 6) is -0.206. The molecule has 0 radical (unpaired) electrons. The Bertz CT molecular complexity index is 1190. The van der Waals surface area contributed by atoms with Gasteiger partial charge in [0.1, 0.15) is 5.82 Å². The molecule has 1 unspecified atom stereocenters. The Balaban J connectivity index is 1.71. The first-order chi connectivity index (χ1) is 14.6. The third-order valence-corrected chi connectivity index (χ3v) is 7.27. The first-order valence-corrected chi connectivity index (χ1v) is 11.6. The molecule has 0 saturated heterocycles. The van der Waals surface area contributed by atoms with Crippen molar-refractivity contribution in [2.24, 2.45) is 0 Å². The minimum atomic E-state index is -3.62. The van der Waals surface area contributed by atoms with Gasteiger partial charge in [-0.15, -0.1) is 0 Å². The lowest BCUT2D eigenvalue weighted by molar-refractivity contribution is -0.115. The van der Waals surface area contributed by atoms with Crippen molar-refractivity contribution in [3.63, 3.8) is 0 Å². The van der Waals surface area contributed by atoms with Gasteiger partial charge in [0.25, 0.3) is 5.22 Å². The Hall–Kier alpha value is -2.69. The normalized spacial score (nSPS) is 12.7. The molecule has 0 aliphatic carbocycles. The molecule has 164 valence electrons. The summed E-state index contributed by atoms with van der Waals surface area (Å²) in [5.41, 5.74) is 1.82. The second-order valence-corrected chi connectivity index (χ2v) is 10.5. The summed E-state index contributed by atoms with van der Waals surface area (Å²) in [6, 6.07) is 10.4. The van der Waals surface area contributed by atoms with Gasteiger partial charge in [-0.05, 0) is 55.8 Å². The molecule has 7 nitrogen and oxygen atoms in total. The highest BCUT2D eigenvalue weighted by Crippen LogP contribution is 2.29. The van der Waals surface area contributed by atoms with Gasteiger partial charge < -0.3 is 9.73 Å². The number of anilines is 1. The van der Waals surface area contributed by atoms with E-state index >= 15 is 0 Å². The van der Waals surface area contributed by atoms with Crippen molar-refractivity contribution in [3.8, 4) is 11.3 Å². The number of halogens is 1. The number of nitrogens with zero attached hydrogens (tertiary/aromatic N) is 2. The molecule has 1 amide bonds. The summed E-state index contributed by atoms with van der Waals surface area (Å²) in [4.78, 5) is 16.9. The molecular formula is C21H22FN3O4S2. The molecule has 0 spiro atoms. The summed E-state index contributed by atoms with van der Waals surface area (Å²) >= 11 is 1.12. The van der Waals surface area contributed by atoms with Crippen LogP contribution in [0, 0.1) is 12.7 Å². The minimum Gasteiger partial charge on any atom is -0.431 e. The average Bonchev–Trinajstić information content (AvgIpc) is 3.18. The lowest BCUT2D eigenvalue weighted by Gasteiger charge is -2.15. The zero-order chi connectivity index (χ0) is 22.8. The minimum absolute atomic E-state index is 0.0929. The van der Waals surface area contributed by atoms with Gasteiger partial charge in [0.2, 0.25) is 15.9 Å². The Kier molecular flexibility index (Phi) is 6.83. The summed E-state index contributed by atoms with van der Waals surface area (Å²) < 4.78 is 44.6. The van der Waals surface area contributed by atoms with Crippen LogP contribution in [0.2, 0.25) is 0 Å². The number of thioether (sulfide) groups is 1. The molecule has 2 aromatic carbocycles. The molecule has 31 heavy (non-hydrogen) atoms. The number of benzene rings is 2. The van der Waals surface area contributed by atoms with Gasteiger partial charge in [-0.3, -0.25) is 4.79 Å². The van der Waals surface area contributed by atoms with Crippen molar-refractivity contribution >= 4 is 33.4 Å². The Labute approximate surface area is 184 Å². The number of carbonyl (C=O) groups excluding carboxylic acids is 1. The van der Waals surface area contributed by atoms with E-state index in [9.17, 15) is 17.6 Å². The summed E-state index contributed by atoms with van der Waals surface area (Å²) in [5, 5.41) is 2.50. The highest BCUT2D eigenvalue weighted by atomic mass is 32.2. The predicted octanol–water partition coefficient (Wildman–Crippen LogP) is 4.16. The van der Waals surface area contributed by atoms with E-state index in [0.717, 1.165) is 21.6 Å². The van der Waals surface area contributed by atoms with Crippen LogP contribution in [0.1, 0.15) is 12.5 Å². The topological polar surface area (TPSA) is 92.5 Å². The SMILES string of the molecule is Cc1ccc(S(=O)(=O)N(C)C)cc1NC(=O)C(C)Sc1ncc(-c2ccc(F)cc2)o1. The second kappa shape index (κ2) is 9.21. The number of aromatic nitrogens is 1. The average molecular weight is 464 g/mol. The molecule has 0 saturated carbocycles. The van der Waals surface area contributed by atoms with Gasteiger partial charge in [0.05, 0.1) is 16.3 Å². The van der Waals surface area contributed by atoms with Crippen LogP contribution >= 0.6 is 11.8 Å². The molecule has 1 aromatic heterocycles. The quantitative estimate of drug-likeness (QED) is 0.529. The van der Waals surface area contributed by atoms with Crippen LogP contribution in [0.4, 0.5) is 10.1 Å². The van der Waals surface area contributed by atoms with E-state index in [-0.39, 0.29) is 16.6 Å². The lowest BCUT2D eigenvalue weighted by Crippen LogP contribution is -2.24. The monoisotopic (exact) mass is 463 g/mol. The van der Waals surface area contributed by atoms with Crippen molar-refractivity contribution in [1.29, 1.82) is 0 Å². The van der Waals surface area contributed by atoms with Gasteiger partial charge in [-0.1, -0.05) is 17.8 Å². The largest absolute Gasteiger partial charge is 0.431 e. The Morgan fingerprint density at radius 1 is 1.19 bits per heavy atom. The molecule has 1 atom stereocenters. The molecule has 0 bridgehead atoms. The van der Waals surface area contributed by atoms with Gasteiger partial charge in [0.15, 0.2) is 5.76 Å². The van der Waals surface area contributed by atoms with Gasteiger partial charge in [0, 0.05) is 25.3 Å². The summed E-state index contributed by atoms with van der Waals surface area (Å²) in [6.45, 7) is 3.47. The predicted molar refractivity (Wildman–Crippen MR) is 118 cm³/mol. The highest BCUT2D eigenvalue weighted by Gasteiger charge is 2.21. The number of hydrogen-bond donors (Lipinski definition) is 1. The smallest absolute Gasteiger partial charge is 0.256 e. The van der Waals surface area contributed by atoms with Gasteiger partial charge >= 0.3 is 0 Å². The van der Waals surface area contributed by atoms with E-state index in [1.54, 1.807) is 32.0 Å². The fraction of sp³-hybridized carbons (Fsp3) is 0.238. The van der Waals surface area contributed by atoms with Crippen LogP contribution in [0.5, 0.6) is 0 Å². The maximum Gasteiger partial charge on any atom is 0.256 e. The van der Waals surface area contributed by atoms with E-state index in [1.807, 2.05) is 0 Å². The van der Waals surface area contributed by atoms with Crippen LogP contribution in [-0.2, 0) is 14.8 Å². The fourth-order valence-electron chi connectivity index (χ4n) is 2.61. The first kappa shape index (κ1) is 23.0. The van der Waals surface area contributed by atoms with Crippen LogP contribution in [0.25, 0.3) is 11.3 Å². The number of oxazole rings is 1. The van der Waals surface area contributed by atoms with E-state index in [0.29, 0.717) is 22.2 Å². The summed E-state index contributed by atoms with van der Waals surface area (Å²) in [7, 11) is -0.724. The van der Waals surface area contributed by atoms with E-state index < -0.39 is 15.3 Å². The van der Waals surface area contributed by atoms with E-state index in [4.69, 9.17) is 4.42 Å². The summed E-state index contributed by atoms with van der Waals surface area (Å²) in [6.07, 6.45) is 1.51. The number of amides is 1. The molecule has 1 N–H and O–H groups in total. The van der Waals surface area contributed by atoms with Crippen molar-refractivity contribution in [1.82, 2.24) is 9.29 Å². The number of nitrogens with one attached hydrogen (secondary N) is 1. The molecule has 3 aromatic rings. The number of aryl methyl sites for hydroxylation is 1. The van der Waals surface area contributed by atoms with E-state index in [1.165, 1.54) is 44.6 Å². The number of rotatable bonds is 7. The third-order valence-electron chi connectivity index (χ3n) is 4.51. The maximum absolute atomic E-state index is 13.1. The van der Waals surface area contributed by atoms with Gasteiger partial charge in [-0.25, -0.2) is 22.1 Å². The molecule has 1 heterocycles. The molecule has 0 aliphatic rings. The Morgan fingerprint density at radius 2 is 1.87 bits per heavy atom. The second-order valence-electron chi connectivity index (χ2n) is 7.01. The van der Waals surface area contributed by atoms with Crippen LogP contribution in [-0.4, -0.2) is 43.0 Å². The van der Waals surface area contributed by atoms with Crippen LogP contribution in [0.3, 0.4) is 0 Å². The number of hydrogen-bond acceptors (Lipinski definition) is 6. The zero-order valence-electron chi connectivity index (χ0n) is 17.4. The Morgan fingerprint density at radius 3 is 2.52 bits per heavy atom. The maximum atomic E-state index is 13.1. The number of carbonyl (C=O) groups is 1. The molecule has 10 heteroatoms. The molecule has 3 rings (SSSR count). The highest BCUT2D eigenvalue weighted by molar-refractivity contribution is 8.00. The standard InChI is InChI=1S/C21H22FN3O4S2/c1-13-5-10-17(31(27,28)25(3)4)11-18(13)24-20(26)14(2)30-21-23-12-19(29-21)15-6-8-16(22)9-7-15/h5-12,14H,1-4H3,(H,24,26). The van der Waals surface area contributed by atoms with Crippen molar-refractivity contribution in [2.75, 3.05) is 19.4 Å². The molecular weight excluding hydrogens is 441 g/mol. The molecule has 0 fully saturated rings. The van der Waals surface area contributed by atoms with Gasteiger partial charge in [-0.2, -0.15) is 0 Å². The zero-order valence-corrected chi connectivity index (χ0v) is 19.1.